The van der Waals surface area contributed by atoms with Crippen LogP contribution in [0.1, 0.15) is 42.3 Å². The minimum atomic E-state index is 0.222. The number of pyridine rings is 1. The second-order valence-corrected chi connectivity index (χ2v) is 8.95. The first-order chi connectivity index (χ1) is 14.2. The summed E-state index contributed by atoms with van der Waals surface area (Å²) in [7, 11) is 1.76. The molecule has 5 heterocycles. The highest BCUT2D eigenvalue weighted by atomic mass is 16.5. The molecule has 0 aliphatic carbocycles. The minimum Gasteiger partial charge on any atom is -0.383 e. The largest absolute Gasteiger partial charge is 0.383 e. The molecule has 3 aliphatic rings. The first-order valence-electron chi connectivity index (χ1n) is 10.9. The van der Waals surface area contributed by atoms with E-state index in [4.69, 9.17) is 4.74 Å². The molecule has 1 N–H and O–H groups in total. The Labute approximate surface area is 171 Å². The Bertz CT molecular complexity index is 893. The van der Waals surface area contributed by atoms with Crippen molar-refractivity contribution in [1.82, 2.24) is 24.3 Å². The van der Waals surface area contributed by atoms with Crippen LogP contribution in [0.5, 0.6) is 0 Å². The number of nitrogens with one attached hydrogen (secondary N) is 1. The van der Waals surface area contributed by atoms with Crippen molar-refractivity contribution in [2.75, 3.05) is 33.4 Å². The predicted molar refractivity (Wildman–Crippen MR) is 111 cm³/mol. The third-order valence-corrected chi connectivity index (χ3v) is 6.92. The second kappa shape index (κ2) is 8.05. The minimum absolute atomic E-state index is 0.222. The lowest BCUT2D eigenvalue weighted by molar-refractivity contribution is 0.108. The fourth-order valence-electron chi connectivity index (χ4n) is 5.64. The van der Waals surface area contributed by atoms with Gasteiger partial charge in [-0.15, -0.1) is 0 Å². The predicted octanol–water partition coefficient (Wildman–Crippen LogP) is 1.80. The normalized spacial score (nSPS) is 27.3. The maximum absolute atomic E-state index is 13.3. The highest BCUT2D eigenvalue weighted by Crippen LogP contribution is 2.35. The Kier molecular flexibility index (Phi) is 5.28. The van der Waals surface area contributed by atoms with Crippen LogP contribution in [0.2, 0.25) is 0 Å². The van der Waals surface area contributed by atoms with E-state index < -0.39 is 0 Å². The lowest BCUT2D eigenvalue weighted by Gasteiger charge is -2.42. The Morgan fingerprint density at radius 3 is 3.00 bits per heavy atom. The van der Waals surface area contributed by atoms with E-state index in [1.165, 1.54) is 18.5 Å². The van der Waals surface area contributed by atoms with Gasteiger partial charge in [-0.25, -0.2) is 4.98 Å². The number of fused-ring (bicyclic) bond motifs is 4. The zero-order valence-corrected chi connectivity index (χ0v) is 17.2. The van der Waals surface area contributed by atoms with Crippen LogP contribution >= 0.6 is 0 Å². The van der Waals surface area contributed by atoms with Gasteiger partial charge < -0.3 is 14.3 Å². The number of aromatic amines is 1. The van der Waals surface area contributed by atoms with Crippen molar-refractivity contribution in [1.29, 1.82) is 0 Å². The smallest absolute Gasteiger partial charge is 0.255 e. The number of imidazole rings is 1. The summed E-state index contributed by atoms with van der Waals surface area (Å²) in [4.78, 5) is 25.8. The molecule has 0 amide bonds. The van der Waals surface area contributed by atoms with Gasteiger partial charge in [0.2, 0.25) is 0 Å². The van der Waals surface area contributed by atoms with Crippen LogP contribution in [-0.4, -0.2) is 63.7 Å². The summed E-state index contributed by atoms with van der Waals surface area (Å²) in [5, 5.41) is 0. The third-order valence-electron chi connectivity index (χ3n) is 6.92. The monoisotopic (exact) mass is 397 g/mol. The quantitative estimate of drug-likeness (QED) is 0.805. The van der Waals surface area contributed by atoms with E-state index in [1.807, 2.05) is 12.4 Å². The second-order valence-electron chi connectivity index (χ2n) is 8.95. The van der Waals surface area contributed by atoms with Crippen LogP contribution < -0.4 is 5.56 Å². The Morgan fingerprint density at radius 2 is 2.17 bits per heavy atom. The summed E-state index contributed by atoms with van der Waals surface area (Å²) in [6, 6.07) is 4.74. The molecule has 2 aromatic heterocycles. The average molecular weight is 398 g/mol. The highest BCUT2D eigenvalue weighted by molar-refractivity contribution is 5.22. The molecule has 3 aliphatic heterocycles. The maximum atomic E-state index is 13.3. The van der Waals surface area contributed by atoms with E-state index in [0.29, 0.717) is 17.9 Å². The number of hydrogen-bond donors (Lipinski definition) is 1. The number of rotatable bonds is 6. The van der Waals surface area contributed by atoms with Gasteiger partial charge in [0.05, 0.1) is 13.2 Å². The molecule has 156 valence electrons. The van der Waals surface area contributed by atoms with Gasteiger partial charge in [-0.05, 0) is 37.8 Å². The van der Waals surface area contributed by atoms with Crippen molar-refractivity contribution in [2.24, 2.45) is 5.92 Å². The molecule has 2 fully saturated rings. The fraction of sp³-hybridized carbons (Fsp3) is 0.636. The van der Waals surface area contributed by atoms with Crippen molar-refractivity contribution in [3.63, 3.8) is 0 Å². The molecule has 2 bridgehead atoms. The van der Waals surface area contributed by atoms with Gasteiger partial charge in [-0.1, -0.05) is 6.07 Å². The van der Waals surface area contributed by atoms with Gasteiger partial charge in [0, 0.05) is 68.9 Å². The van der Waals surface area contributed by atoms with Gasteiger partial charge in [-0.2, -0.15) is 0 Å². The van der Waals surface area contributed by atoms with E-state index in [-0.39, 0.29) is 5.56 Å². The van der Waals surface area contributed by atoms with Gasteiger partial charge in [0.1, 0.15) is 5.82 Å². The standard InChI is InChI=1S/C22H31N5O2/c1-29-15-19-3-2-8-26(19)13-17-4-5-20-18-9-16(11-27(20)22(17)28)10-25(12-18)14-21-23-6-7-24-21/h4-7,16,18-19H,2-3,8-15H2,1H3,(H,23,24)/t16-,18+,19-/m0/s1. The van der Waals surface area contributed by atoms with E-state index in [1.54, 1.807) is 7.11 Å². The Balaban J connectivity index is 1.34. The maximum Gasteiger partial charge on any atom is 0.255 e. The molecule has 0 unspecified atom stereocenters. The molecule has 0 aromatic carbocycles. The van der Waals surface area contributed by atoms with Crippen LogP contribution in [0.25, 0.3) is 0 Å². The summed E-state index contributed by atoms with van der Waals surface area (Å²) in [6.45, 7) is 6.29. The van der Waals surface area contributed by atoms with Crippen molar-refractivity contribution in [3.05, 3.63) is 52.0 Å². The summed E-state index contributed by atoms with van der Waals surface area (Å²) in [5.74, 6) is 2.00. The van der Waals surface area contributed by atoms with Gasteiger partial charge in [-0.3, -0.25) is 14.6 Å². The molecule has 7 nitrogen and oxygen atoms in total. The van der Waals surface area contributed by atoms with E-state index in [9.17, 15) is 4.79 Å². The first-order valence-corrected chi connectivity index (χ1v) is 10.9. The Hall–Kier alpha value is -1.96. The fourth-order valence-corrected chi connectivity index (χ4v) is 5.64. The number of ether oxygens (including phenoxy) is 1. The zero-order chi connectivity index (χ0) is 19.8. The zero-order valence-electron chi connectivity index (χ0n) is 17.2. The van der Waals surface area contributed by atoms with E-state index in [0.717, 1.165) is 63.7 Å². The lowest BCUT2D eigenvalue weighted by Crippen LogP contribution is -2.47. The number of likely N-dealkylation sites (tertiary alicyclic amines) is 2. The summed E-state index contributed by atoms with van der Waals surface area (Å²) in [6.07, 6.45) is 7.24. The number of H-pyrrole nitrogens is 1. The first kappa shape index (κ1) is 19.0. The molecule has 7 heteroatoms. The van der Waals surface area contributed by atoms with Gasteiger partial charge in [0.15, 0.2) is 0 Å². The Morgan fingerprint density at radius 1 is 1.24 bits per heavy atom. The SMILES string of the molecule is COC[C@@H]1CCCN1Cc1ccc2n(c1=O)C[C@H]1C[C@@H]2CN(Cc2ncc[nH]2)C1. The summed E-state index contributed by atoms with van der Waals surface area (Å²) < 4.78 is 7.46. The van der Waals surface area contributed by atoms with Crippen molar-refractivity contribution in [2.45, 2.75) is 50.9 Å². The van der Waals surface area contributed by atoms with Crippen molar-refractivity contribution >= 4 is 0 Å². The molecule has 29 heavy (non-hydrogen) atoms. The summed E-state index contributed by atoms with van der Waals surface area (Å²) >= 11 is 0. The van der Waals surface area contributed by atoms with Crippen LogP contribution in [0.15, 0.2) is 29.3 Å². The number of nitrogens with zero attached hydrogens (tertiary/aromatic N) is 4. The molecule has 2 aromatic rings. The molecule has 2 saturated heterocycles. The van der Waals surface area contributed by atoms with Gasteiger partial charge >= 0.3 is 0 Å². The molecule has 5 rings (SSSR count). The van der Waals surface area contributed by atoms with Crippen molar-refractivity contribution in [3.8, 4) is 0 Å². The number of methoxy groups -OCH3 is 1. The lowest BCUT2D eigenvalue weighted by atomic mass is 9.83. The van der Waals surface area contributed by atoms with Crippen molar-refractivity contribution < 1.29 is 4.74 Å². The summed E-state index contributed by atoms with van der Waals surface area (Å²) in [5.41, 5.74) is 2.37. The van der Waals surface area contributed by atoms with Gasteiger partial charge in [0.25, 0.3) is 5.56 Å². The van der Waals surface area contributed by atoms with Crippen LogP contribution in [0.3, 0.4) is 0 Å². The highest BCUT2D eigenvalue weighted by Gasteiger charge is 2.35. The molecule has 3 atom stereocenters. The molecule has 0 spiro atoms. The van der Waals surface area contributed by atoms with Crippen LogP contribution in [0, 0.1) is 5.92 Å². The topological polar surface area (TPSA) is 66.4 Å². The number of piperidine rings is 1. The van der Waals surface area contributed by atoms with E-state index >= 15 is 0 Å². The average Bonchev–Trinajstić information content (AvgIpc) is 3.37. The number of hydrogen-bond acceptors (Lipinski definition) is 5. The van der Waals surface area contributed by atoms with Crippen LogP contribution in [-0.2, 0) is 24.4 Å². The van der Waals surface area contributed by atoms with E-state index in [2.05, 4.69) is 36.5 Å². The molecule has 0 radical (unpaired) electrons. The third kappa shape index (κ3) is 3.79. The number of aromatic nitrogens is 3. The molecule has 0 saturated carbocycles. The molecular formula is C22H31N5O2. The van der Waals surface area contributed by atoms with Crippen LogP contribution in [0.4, 0.5) is 0 Å². The molecular weight excluding hydrogens is 366 g/mol.